The molecule has 0 amide bonds. The van der Waals surface area contributed by atoms with Crippen molar-refractivity contribution in [1.29, 1.82) is 0 Å². The smallest absolute Gasteiger partial charge is 0.543 e. The van der Waals surface area contributed by atoms with E-state index in [0.29, 0.717) is 0 Å². The van der Waals surface area contributed by atoms with Gasteiger partial charge < -0.3 is 15.3 Å². The Bertz CT molecular complexity index is 251. The van der Waals surface area contributed by atoms with Gasteiger partial charge in [-0.25, -0.2) is 0 Å². The predicted octanol–water partition coefficient (Wildman–Crippen LogP) is -1.93. The van der Waals surface area contributed by atoms with Crippen LogP contribution in [0.4, 0.5) is 0 Å². The van der Waals surface area contributed by atoms with Gasteiger partial charge in [-0.05, 0) is 25.7 Å². The summed E-state index contributed by atoms with van der Waals surface area (Å²) in [6.07, 6.45) is 9.16. The van der Waals surface area contributed by atoms with Crippen molar-refractivity contribution >= 4 is 11.7 Å². The molecule has 1 saturated carbocycles. The summed E-state index contributed by atoms with van der Waals surface area (Å²) in [6.45, 7) is 2.19. The van der Waals surface area contributed by atoms with Gasteiger partial charge in [0.05, 0.1) is 11.7 Å². The number of aliphatic carboxylic acids is 1. The third kappa shape index (κ3) is 7.79. The zero-order valence-corrected chi connectivity index (χ0v) is 13.0. The molecule has 0 radical (unpaired) electrons. The average molecular weight is 248 g/mol. The van der Waals surface area contributed by atoms with Crippen molar-refractivity contribution in [2.45, 2.75) is 51.9 Å². The van der Waals surface area contributed by atoms with Crippen molar-refractivity contribution in [2.24, 2.45) is 11.0 Å². The van der Waals surface area contributed by atoms with Crippen LogP contribution >= 0.6 is 0 Å². The van der Waals surface area contributed by atoms with Crippen LogP contribution in [0.1, 0.15) is 51.9 Å². The second kappa shape index (κ2) is 9.92. The van der Waals surface area contributed by atoms with Gasteiger partial charge in [-0.1, -0.05) is 32.1 Å². The Balaban J connectivity index is 0.00000256. The molecule has 0 aromatic carbocycles. The number of rotatable bonds is 6. The zero-order valence-electron chi connectivity index (χ0n) is 11.0. The Morgan fingerprint density at radius 1 is 1.35 bits per heavy atom. The van der Waals surface area contributed by atoms with Crippen LogP contribution in [-0.4, -0.2) is 18.2 Å². The van der Waals surface area contributed by atoms with E-state index in [4.69, 9.17) is 0 Å². The normalized spacial score (nSPS) is 17.4. The van der Waals surface area contributed by atoms with Crippen molar-refractivity contribution in [1.82, 2.24) is 5.43 Å². The maximum atomic E-state index is 10.3. The van der Waals surface area contributed by atoms with Crippen molar-refractivity contribution < 1.29 is 39.5 Å². The number of carboxylic acids is 1. The molecule has 1 rings (SSSR count). The van der Waals surface area contributed by atoms with Crippen LogP contribution in [0.5, 0.6) is 0 Å². The van der Waals surface area contributed by atoms with Gasteiger partial charge in [-0.15, -0.1) is 0 Å². The minimum absolute atomic E-state index is 0. The van der Waals surface area contributed by atoms with Crippen LogP contribution in [0, 0.1) is 5.92 Å². The molecular formula is C12H21N2NaO2. The number of carbonyl (C=O) groups is 1. The van der Waals surface area contributed by atoms with E-state index in [1.807, 2.05) is 0 Å². The van der Waals surface area contributed by atoms with E-state index in [1.165, 1.54) is 45.4 Å². The van der Waals surface area contributed by atoms with Crippen LogP contribution < -0.4 is 40.1 Å². The fraction of sp³-hybridized carbons (Fsp3) is 0.833. The van der Waals surface area contributed by atoms with E-state index < -0.39 is 5.97 Å². The molecule has 1 N–H and O–H groups in total. The van der Waals surface area contributed by atoms with Gasteiger partial charge >= 0.3 is 29.6 Å². The van der Waals surface area contributed by atoms with E-state index in [-0.39, 0.29) is 35.3 Å². The molecule has 1 aliphatic carbocycles. The van der Waals surface area contributed by atoms with Crippen LogP contribution in [0.2, 0.25) is 0 Å². The Morgan fingerprint density at radius 3 is 2.59 bits per heavy atom. The second-order valence-electron chi connectivity index (χ2n) is 4.54. The molecule has 1 aliphatic rings. The summed E-state index contributed by atoms with van der Waals surface area (Å²) < 4.78 is 0. The van der Waals surface area contributed by atoms with Gasteiger partial charge in [0.1, 0.15) is 0 Å². The van der Waals surface area contributed by atoms with E-state index >= 15 is 0 Å². The number of carbonyl (C=O) groups excluding carboxylic acids is 1. The Labute approximate surface area is 126 Å². The molecule has 0 bridgehead atoms. The van der Waals surface area contributed by atoms with Gasteiger partial charge in [0.15, 0.2) is 0 Å². The summed E-state index contributed by atoms with van der Waals surface area (Å²) in [7, 11) is 0. The Hall–Kier alpha value is -0.0600. The van der Waals surface area contributed by atoms with Crippen molar-refractivity contribution in [3.63, 3.8) is 0 Å². The number of hydrogen-bond donors (Lipinski definition) is 1. The summed E-state index contributed by atoms with van der Waals surface area (Å²) >= 11 is 0. The van der Waals surface area contributed by atoms with Gasteiger partial charge in [0.25, 0.3) is 0 Å². The standard InChI is InChI=1S/C12H22N2O2.Na/c1-10(12(15)16)14-13-9-5-8-11-6-3-2-4-7-11;/h11,13H,2-9H2,1H3,(H,15,16);/q;+1/p-1/b14-10-;. The van der Waals surface area contributed by atoms with E-state index in [2.05, 4.69) is 10.5 Å². The first-order valence-electron chi connectivity index (χ1n) is 6.18. The molecule has 0 spiro atoms. The third-order valence-electron chi connectivity index (χ3n) is 3.17. The number of carboxylic acid groups (broad SMARTS) is 1. The SMILES string of the molecule is C/C(=N/NCCCC1CCCCC1)C(=O)[O-].[Na+]. The fourth-order valence-electron chi connectivity index (χ4n) is 2.17. The quantitative estimate of drug-likeness (QED) is 0.258. The molecule has 5 heteroatoms. The van der Waals surface area contributed by atoms with E-state index in [0.717, 1.165) is 18.9 Å². The summed E-state index contributed by atoms with van der Waals surface area (Å²) in [4.78, 5) is 10.3. The van der Waals surface area contributed by atoms with Crippen LogP contribution in [-0.2, 0) is 4.79 Å². The zero-order chi connectivity index (χ0) is 11.8. The number of hydrazone groups is 1. The van der Waals surface area contributed by atoms with E-state index in [1.54, 1.807) is 0 Å². The van der Waals surface area contributed by atoms with Crippen molar-refractivity contribution in [2.75, 3.05) is 6.54 Å². The summed E-state index contributed by atoms with van der Waals surface area (Å²) in [6, 6.07) is 0. The Kier molecular flexibility index (Phi) is 9.88. The topological polar surface area (TPSA) is 64.5 Å². The van der Waals surface area contributed by atoms with Crippen LogP contribution in [0.25, 0.3) is 0 Å². The minimum Gasteiger partial charge on any atom is -0.543 e. The van der Waals surface area contributed by atoms with E-state index in [9.17, 15) is 9.90 Å². The summed E-state index contributed by atoms with van der Waals surface area (Å²) in [5, 5.41) is 14.0. The second-order valence-corrected chi connectivity index (χ2v) is 4.54. The van der Waals surface area contributed by atoms with Gasteiger partial charge in [-0.2, -0.15) is 5.10 Å². The molecule has 0 saturated heterocycles. The molecule has 0 aromatic rings. The first kappa shape index (κ1) is 16.9. The van der Waals surface area contributed by atoms with Crippen LogP contribution in [0.3, 0.4) is 0 Å². The number of nitrogens with zero attached hydrogens (tertiary/aromatic N) is 1. The third-order valence-corrected chi connectivity index (χ3v) is 3.17. The molecule has 4 nitrogen and oxygen atoms in total. The van der Waals surface area contributed by atoms with Gasteiger partial charge in [-0.3, -0.25) is 0 Å². The molecule has 92 valence electrons. The molecule has 0 unspecified atom stereocenters. The molecule has 0 atom stereocenters. The summed E-state index contributed by atoms with van der Waals surface area (Å²) in [5.74, 6) is -0.332. The molecule has 0 aliphatic heterocycles. The maximum absolute atomic E-state index is 10.3. The van der Waals surface area contributed by atoms with Crippen molar-refractivity contribution in [3.8, 4) is 0 Å². The first-order chi connectivity index (χ1) is 7.70. The molecule has 17 heavy (non-hydrogen) atoms. The molecule has 1 fully saturated rings. The monoisotopic (exact) mass is 248 g/mol. The van der Waals surface area contributed by atoms with Gasteiger partial charge in [0.2, 0.25) is 0 Å². The Morgan fingerprint density at radius 2 is 2.00 bits per heavy atom. The maximum Gasteiger partial charge on any atom is 1.00 e. The number of nitrogens with one attached hydrogen (secondary N) is 1. The van der Waals surface area contributed by atoms with Crippen molar-refractivity contribution in [3.05, 3.63) is 0 Å². The minimum atomic E-state index is -1.21. The average Bonchev–Trinajstić information content (AvgIpc) is 2.29. The first-order valence-corrected chi connectivity index (χ1v) is 6.18. The largest absolute Gasteiger partial charge is 1.00 e. The van der Waals surface area contributed by atoms with Gasteiger partial charge in [0, 0.05) is 6.54 Å². The number of hydrogen-bond acceptors (Lipinski definition) is 4. The molecular weight excluding hydrogens is 227 g/mol. The molecule has 0 heterocycles. The predicted molar refractivity (Wildman–Crippen MR) is 61.9 cm³/mol. The molecule has 0 aromatic heterocycles. The summed E-state index contributed by atoms with van der Waals surface area (Å²) in [5.41, 5.74) is 2.78. The fourth-order valence-corrected chi connectivity index (χ4v) is 2.17. The van der Waals surface area contributed by atoms with Crippen LogP contribution in [0.15, 0.2) is 5.10 Å².